The summed E-state index contributed by atoms with van der Waals surface area (Å²) in [7, 11) is 0. The molecule has 0 saturated carbocycles. The summed E-state index contributed by atoms with van der Waals surface area (Å²) in [5.41, 5.74) is 8.36. The van der Waals surface area contributed by atoms with E-state index in [-0.39, 0.29) is 12.5 Å². The first-order valence-electron chi connectivity index (χ1n) is 10.1. The molecule has 2 aromatic rings. The Morgan fingerprint density at radius 2 is 1.93 bits per heavy atom. The van der Waals surface area contributed by atoms with E-state index in [1.54, 1.807) is 11.1 Å². The zero-order valence-electron chi connectivity index (χ0n) is 16.7. The number of carbonyl (C=O) groups excluding carboxylic acids is 1. The van der Waals surface area contributed by atoms with Crippen molar-refractivity contribution in [2.75, 3.05) is 26.3 Å². The van der Waals surface area contributed by atoms with E-state index in [1.165, 1.54) is 5.56 Å². The van der Waals surface area contributed by atoms with Gasteiger partial charge in [-0.05, 0) is 42.5 Å². The van der Waals surface area contributed by atoms with Gasteiger partial charge in [-0.3, -0.25) is 4.79 Å². The fourth-order valence-electron chi connectivity index (χ4n) is 3.40. The van der Waals surface area contributed by atoms with E-state index in [1.807, 2.05) is 42.5 Å². The van der Waals surface area contributed by atoms with Crippen molar-refractivity contribution < 1.29 is 14.7 Å². The van der Waals surface area contributed by atoms with Crippen LogP contribution in [0.15, 0.2) is 59.8 Å². The summed E-state index contributed by atoms with van der Waals surface area (Å²) in [6.07, 6.45) is 4.91. The minimum atomic E-state index is -0.673. The maximum atomic E-state index is 12.6. The topological polar surface area (TPSA) is 88.2 Å². The molecule has 0 spiro atoms. The van der Waals surface area contributed by atoms with Crippen molar-refractivity contribution in [3.63, 3.8) is 0 Å². The molecule has 0 radical (unpaired) electrons. The summed E-state index contributed by atoms with van der Waals surface area (Å²) < 4.78 is 0. The first-order valence-corrected chi connectivity index (χ1v) is 10.1. The predicted octanol–water partition coefficient (Wildman–Crippen LogP) is 2.40. The summed E-state index contributed by atoms with van der Waals surface area (Å²) in [6.45, 7) is 1.44. The Bertz CT molecular complexity index is 808. The molecule has 6 heteroatoms. The molecule has 1 aliphatic heterocycles. The van der Waals surface area contributed by atoms with Crippen molar-refractivity contribution in [2.24, 2.45) is 10.9 Å². The number of rotatable bonds is 9. The van der Waals surface area contributed by atoms with Crippen molar-refractivity contribution in [2.45, 2.75) is 31.2 Å². The Labute approximate surface area is 172 Å². The molecule has 29 heavy (non-hydrogen) atoms. The van der Waals surface area contributed by atoms with Gasteiger partial charge < -0.3 is 20.6 Å². The number of likely N-dealkylation sites (tertiary alicyclic amines) is 1. The van der Waals surface area contributed by atoms with Crippen LogP contribution in [0.1, 0.15) is 34.3 Å². The molecule has 1 aliphatic rings. The zero-order valence-corrected chi connectivity index (χ0v) is 16.7. The monoisotopic (exact) mass is 395 g/mol. The normalized spacial score (nSPS) is 19.0. The number of carbonyl (C=O) groups is 1. The van der Waals surface area contributed by atoms with Crippen LogP contribution in [0.3, 0.4) is 0 Å². The van der Waals surface area contributed by atoms with Gasteiger partial charge in [0.25, 0.3) is 5.91 Å². The minimum absolute atomic E-state index is 0.0484. The maximum absolute atomic E-state index is 12.6. The lowest BCUT2D eigenvalue weighted by molar-refractivity contribution is 0.0775. The Kier molecular flexibility index (Phi) is 7.38. The molecular formula is C23H29N3O3. The zero-order chi connectivity index (χ0) is 20.5. The SMILES string of the molecule is N[C@@]1(CO)CCN(C(=O)c2ccc(CC=NOCCCc3ccccc3)cc2)C1. The van der Waals surface area contributed by atoms with E-state index in [0.29, 0.717) is 38.1 Å². The Morgan fingerprint density at radius 1 is 1.17 bits per heavy atom. The minimum Gasteiger partial charge on any atom is -0.396 e. The van der Waals surface area contributed by atoms with Crippen LogP contribution in [-0.4, -0.2) is 54.0 Å². The average molecular weight is 396 g/mol. The van der Waals surface area contributed by atoms with Gasteiger partial charge in [-0.1, -0.05) is 47.6 Å². The van der Waals surface area contributed by atoms with Gasteiger partial charge in [-0.15, -0.1) is 0 Å². The fraction of sp³-hybridized carbons (Fsp3) is 0.391. The molecule has 6 nitrogen and oxygen atoms in total. The number of nitrogens with zero attached hydrogens (tertiary/aromatic N) is 2. The van der Waals surface area contributed by atoms with Crippen molar-refractivity contribution in [3.05, 3.63) is 71.3 Å². The highest BCUT2D eigenvalue weighted by atomic mass is 16.6. The molecule has 1 amide bonds. The van der Waals surface area contributed by atoms with Crippen molar-refractivity contribution >= 4 is 12.1 Å². The second kappa shape index (κ2) is 10.2. The molecule has 3 rings (SSSR count). The quantitative estimate of drug-likeness (QED) is 0.388. The third-order valence-electron chi connectivity index (χ3n) is 5.21. The first kappa shape index (κ1) is 21.0. The Balaban J connectivity index is 1.38. The van der Waals surface area contributed by atoms with Crippen molar-refractivity contribution in [3.8, 4) is 0 Å². The van der Waals surface area contributed by atoms with Gasteiger partial charge in [-0.2, -0.15) is 0 Å². The molecule has 0 bridgehead atoms. The van der Waals surface area contributed by atoms with Crippen molar-refractivity contribution in [1.29, 1.82) is 0 Å². The van der Waals surface area contributed by atoms with E-state index >= 15 is 0 Å². The Hall–Kier alpha value is -2.70. The van der Waals surface area contributed by atoms with Crippen LogP contribution in [0.4, 0.5) is 0 Å². The van der Waals surface area contributed by atoms with Crippen LogP contribution in [0.5, 0.6) is 0 Å². The fourth-order valence-corrected chi connectivity index (χ4v) is 3.40. The van der Waals surface area contributed by atoms with Gasteiger partial charge in [0.1, 0.15) is 6.61 Å². The van der Waals surface area contributed by atoms with Crippen LogP contribution in [0.2, 0.25) is 0 Å². The van der Waals surface area contributed by atoms with Crippen LogP contribution >= 0.6 is 0 Å². The molecule has 2 aromatic carbocycles. The standard InChI is InChI=1S/C23H29N3O3/c24-23(18-27)13-15-26(17-23)22(28)21-10-8-20(9-11-21)12-14-25-29-16-4-7-19-5-2-1-3-6-19/h1-3,5-6,8-11,14,27H,4,7,12-13,15-18,24H2/t23-/m0/s1. The van der Waals surface area contributed by atoms with Crippen LogP contribution in [-0.2, 0) is 17.7 Å². The van der Waals surface area contributed by atoms with Gasteiger partial charge >= 0.3 is 0 Å². The highest BCUT2D eigenvalue weighted by molar-refractivity contribution is 5.94. The van der Waals surface area contributed by atoms with Crippen LogP contribution in [0.25, 0.3) is 0 Å². The second-order valence-electron chi connectivity index (χ2n) is 7.61. The van der Waals surface area contributed by atoms with Gasteiger partial charge in [0.2, 0.25) is 0 Å². The average Bonchev–Trinajstić information content (AvgIpc) is 3.16. The summed E-state index contributed by atoms with van der Waals surface area (Å²) >= 11 is 0. The third kappa shape index (κ3) is 6.14. The second-order valence-corrected chi connectivity index (χ2v) is 7.61. The number of hydrogen-bond donors (Lipinski definition) is 2. The van der Waals surface area contributed by atoms with E-state index in [2.05, 4.69) is 17.3 Å². The van der Waals surface area contributed by atoms with E-state index < -0.39 is 5.54 Å². The Morgan fingerprint density at radius 3 is 2.62 bits per heavy atom. The van der Waals surface area contributed by atoms with E-state index in [0.717, 1.165) is 18.4 Å². The molecule has 0 aromatic heterocycles. The molecular weight excluding hydrogens is 366 g/mol. The smallest absolute Gasteiger partial charge is 0.253 e. The van der Waals surface area contributed by atoms with Gasteiger partial charge in [0.15, 0.2) is 0 Å². The lowest BCUT2D eigenvalue weighted by Crippen LogP contribution is -2.46. The molecule has 154 valence electrons. The molecule has 1 atom stereocenters. The highest BCUT2D eigenvalue weighted by Crippen LogP contribution is 2.20. The van der Waals surface area contributed by atoms with Gasteiger partial charge in [-0.25, -0.2) is 0 Å². The number of amides is 1. The lowest BCUT2D eigenvalue weighted by Gasteiger charge is -2.22. The summed E-state index contributed by atoms with van der Waals surface area (Å²) in [4.78, 5) is 19.6. The highest BCUT2D eigenvalue weighted by Gasteiger charge is 2.36. The third-order valence-corrected chi connectivity index (χ3v) is 5.21. The predicted molar refractivity (Wildman–Crippen MR) is 114 cm³/mol. The van der Waals surface area contributed by atoms with Crippen molar-refractivity contribution in [1.82, 2.24) is 4.90 Å². The number of oxime groups is 1. The number of aliphatic hydroxyl groups excluding tert-OH is 1. The molecule has 3 N–H and O–H groups in total. The van der Waals surface area contributed by atoms with Gasteiger partial charge in [0, 0.05) is 31.3 Å². The number of nitrogens with two attached hydrogens (primary N) is 1. The summed E-state index contributed by atoms with van der Waals surface area (Å²) in [5.74, 6) is -0.0484. The summed E-state index contributed by atoms with van der Waals surface area (Å²) in [6, 6.07) is 17.8. The molecule has 0 unspecified atom stereocenters. The number of benzene rings is 2. The largest absolute Gasteiger partial charge is 0.396 e. The first-order chi connectivity index (χ1) is 14.1. The molecule has 1 heterocycles. The number of aliphatic hydroxyl groups is 1. The molecule has 0 aliphatic carbocycles. The lowest BCUT2D eigenvalue weighted by atomic mass is 10.0. The number of hydrogen-bond acceptors (Lipinski definition) is 5. The molecule has 1 fully saturated rings. The number of aryl methyl sites for hydroxylation is 1. The van der Waals surface area contributed by atoms with Gasteiger partial charge in [0.05, 0.1) is 12.1 Å². The maximum Gasteiger partial charge on any atom is 0.253 e. The summed E-state index contributed by atoms with van der Waals surface area (Å²) in [5, 5.41) is 13.4. The van der Waals surface area contributed by atoms with E-state index in [9.17, 15) is 9.90 Å². The molecule has 1 saturated heterocycles. The van der Waals surface area contributed by atoms with Crippen LogP contribution < -0.4 is 5.73 Å². The van der Waals surface area contributed by atoms with Crippen LogP contribution in [0, 0.1) is 0 Å². The van der Waals surface area contributed by atoms with E-state index in [4.69, 9.17) is 10.6 Å².